The van der Waals surface area contributed by atoms with E-state index in [0.29, 0.717) is 0 Å². The molecule has 2 N–H and O–H groups in total. The standard InChI is InChI=1S/C13H21NOS/c1-2-16-10-6-9-14-13(11-15)12-7-4-3-5-8-12/h3-5,7-8,13-15H,2,6,9-11H2,1H3/t13-/m1/s1. The Morgan fingerprint density at radius 2 is 2.06 bits per heavy atom. The van der Waals surface area contributed by atoms with E-state index in [9.17, 15) is 5.11 Å². The van der Waals surface area contributed by atoms with E-state index in [1.54, 1.807) is 0 Å². The van der Waals surface area contributed by atoms with E-state index in [2.05, 4.69) is 24.4 Å². The van der Waals surface area contributed by atoms with Gasteiger partial charge in [0.2, 0.25) is 0 Å². The van der Waals surface area contributed by atoms with E-state index in [0.717, 1.165) is 18.5 Å². The summed E-state index contributed by atoms with van der Waals surface area (Å²) in [5, 5.41) is 12.7. The van der Waals surface area contributed by atoms with Gasteiger partial charge < -0.3 is 10.4 Å². The maximum absolute atomic E-state index is 9.31. The van der Waals surface area contributed by atoms with E-state index in [4.69, 9.17) is 0 Å². The molecule has 0 bridgehead atoms. The Kier molecular flexibility index (Phi) is 7.30. The summed E-state index contributed by atoms with van der Waals surface area (Å²) in [5.74, 6) is 2.37. The number of rotatable bonds is 8. The van der Waals surface area contributed by atoms with Crippen molar-refractivity contribution in [1.82, 2.24) is 5.32 Å². The predicted octanol–water partition coefficient (Wildman–Crippen LogP) is 2.45. The molecule has 90 valence electrons. The zero-order valence-electron chi connectivity index (χ0n) is 9.86. The molecule has 3 heteroatoms. The second-order valence-electron chi connectivity index (χ2n) is 3.65. The first-order chi connectivity index (χ1) is 7.88. The Balaban J connectivity index is 2.27. The average molecular weight is 239 g/mol. The van der Waals surface area contributed by atoms with E-state index < -0.39 is 0 Å². The molecule has 0 fully saturated rings. The molecule has 1 aromatic rings. The summed E-state index contributed by atoms with van der Waals surface area (Å²) in [7, 11) is 0. The van der Waals surface area contributed by atoms with Crippen LogP contribution < -0.4 is 5.32 Å². The van der Waals surface area contributed by atoms with Crippen LogP contribution in [0.15, 0.2) is 30.3 Å². The Labute approximate surface area is 102 Å². The molecular weight excluding hydrogens is 218 g/mol. The summed E-state index contributed by atoms with van der Waals surface area (Å²) >= 11 is 1.96. The van der Waals surface area contributed by atoms with Crippen LogP contribution in [-0.4, -0.2) is 29.8 Å². The predicted molar refractivity (Wildman–Crippen MR) is 71.9 cm³/mol. The lowest BCUT2D eigenvalue weighted by Crippen LogP contribution is -2.25. The summed E-state index contributed by atoms with van der Waals surface area (Å²) in [5.41, 5.74) is 1.16. The van der Waals surface area contributed by atoms with Crippen molar-refractivity contribution in [2.45, 2.75) is 19.4 Å². The lowest BCUT2D eigenvalue weighted by Gasteiger charge is -2.16. The summed E-state index contributed by atoms with van der Waals surface area (Å²) in [6.45, 7) is 3.30. The minimum atomic E-state index is 0.0767. The highest BCUT2D eigenvalue weighted by atomic mass is 32.2. The van der Waals surface area contributed by atoms with E-state index >= 15 is 0 Å². The molecule has 0 heterocycles. The van der Waals surface area contributed by atoms with E-state index in [-0.39, 0.29) is 12.6 Å². The van der Waals surface area contributed by atoms with Crippen LogP contribution in [-0.2, 0) is 0 Å². The molecule has 16 heavy (non-hydrogen) atoms. The summed E-state index contributed by atoms with van der Waals surface area (Å²) in [6.07, 6.45) is 1.15. The zero-order chi connectivity index (χ0) is 11.6. The highest BCUT2D eigenvalue weighted by molar-refractivity contribution is 7.99. The molecule has 0 aliphatic rings. The van der Waals surface area contributed by atoms with Crippen LogP contribution in [0.5, 0.6) is 0 Å². The fourth-order valence-electron chi connectivity index (χ4n) is 1.57. The van der Waals surface area contributed by atoms with Gasteiger partial charge in [0.1, 0.15) is 0 Å². The Hall–Kier alpha value is -0.510. The highest BCUT2D eigenvalue weighted by Gasteiger charge is 2.07. The molecule has 0 aliphatic carbocycles. The van der Waals surface area contributed by atoms with Crippen LogP contribution >= 0.6 is 11.8 Å². The van der Waals surface area contributed by atoms with Gasteiger partial charge in [-0.3, -0.25) is 0 Å². The molecule has 0 spiro atoms. The smallest absolute Gasteiger partial charge is 0.0626 e. The third-order valence-corrected chi connectivity index (χ3v) is 3.43. The number of nitrogens with one attached hydrogen (secondary N) is 1. The number of aliphatic hydroxyl groups excluding tert-OH is 1. The zero-order valence-corrected chi connectivity index (χ0v) is 10.7. The number of aliphatic hydroxyl groups is 1. The second kappa shape index (κ2) is 8.62. The van der Waals surface area contributed by atoms with Crippen molar-refractivity contribution in [2.24, 2.45) is 0 Å². The van der Waals surface area contributed by atoms with Crippen molar-refractivity contribution in [3.63, 3.8) is 0 Å². The molecule has 1 aromatic carbocycles. The minimum absolute atomic E-state index is 0.0767. The first-order valence-electron chi connectivity index (χ1n) is 5.85. The number of thioether (sulfide) groups is 1. The van der Waals surface area contributed by atoms with Gasteiger partial charge in [0.25, 0.3) is 0 Å². The Morgan fingerprint density at radius 3 is 2.69 bits per heavy atom. The first-order valence-corrected chi connectivity index (χ1v) is 7.01. The Morgan fingerprint density at radius 1 is 1.31 bits per heavy atom. The largest absolute Gasteiger partial charge is 0.394 e. The maximum atomic E-state index is 9.31. The van der Waals surface area contributed by atoms with Crippen LogP contribution in [0, 0.1) is 0 Å². The summed E-state index contributed by atoms with van der Waals surface area (Å²) < 4.78 is 0. The van der Waals surface area contributed by atoms with Crippen LogP contribution in [0.25, 0.3) is 0 Å². The molecule has 0 aromatic heterocycles. The van der Waals surface area contributed by atoms with Crippen molar-refractivity contribution in [3.05, 3.63) is 35.9 Å². The van der Waals surface area contributed by atoms with Crippen LogP contribution in [0.3, 0.4) is 0 Å². The molecule has 0 saturated heterocycles. The third kappa shape index (κ3) is 5.01. The van der Waals surface area contributed by atoms with Gasteiger partial charge in [-0.2, -0.15) is 11.8 Å². The third-order valence-electron chi connectivity index (χ3n) is 2.44. The van der Waals surface area contributed by atoms with Gasteiger partial charge in [-0.05, 0) is 30.0 Å². The fourth-order valence-corrected chi connectivity index (χ4v) is 2.21. The lowest BCUT2D eigenvalue weighted by atomic mass is 10.1. The molecule has 2 nitrogen and oxygen atoms in total. The number of hydrogen-bond acceptors (Lipinski definition) is 3. The summed E-state index contributed by atoms with van der Waals surface area (Å²) in [4.78, 5) is 0. The van der Waals surface area contributed by atoms with Crippen molar-refractivity contribution >= 4 is 11.8 Å². The molecule has 0 amide bonds. The normalized spacial score (nSPS) is 12.6. The van der Waals surface area contributed by atoms with Crippen molar-refractivity contribution in [1.29, 1.82) is 0 Å². The molecular formula is C13H21NOS. The molecule has 1 atom stereocenters. The highest BCUT2D eigenvalue weighted by Crippen LogP contribution is 2.11. The van der Waals surface area contributed by atoms with Gasteiger partial charge in [-0.15, -0.1) is 0 Å². The first kappa shape index (κ1) is 13.6. The lowest BCUT2D eigenvalue weighted by molar-refractivity contribution is 0.245. The van der Waals surface area contributed by atoms with E-state index in [1.807, 2.05) is 30.0 Å². The topological polar surface area (TPSA) is 32.3 Å². The van der Waals surface area contributed by atoms with E-state index in [1.165, 1.54) is 11.5 Å². The monoisotopic (exact) mass is 239 g/mol. The maximum Gasteiger partial charge on any atom is 0.0626 e. The van der Waals surface area contributed by atoms with Crippen molar-refractivity contribution in [3.8, 4) is 0 Å². The Bertz CT molecular complexity index is 266. The second-order valence-corrected chi connectivity index (χ2v) is 5.04. The summed E-state index contributed by atoms with van der Waals surface area (Å²) in [6, 6.07) is 10.2. The van der Waals surface area contributed by atoms with Gasteiger partial charge in [0.15, 0.2) is 0 Å². The average Bonchev–Trinajstić information content (AvgIpc) is 2.35. The quantitative estimate of drug-likeness (QED) is 0.684. The SMILES string of the molecule is CCSCCCN[C@H](CO)c1ccccc1. The van der Waals surface area contributed by atoms with Crippen LogP contribution in [0.4, 0.5) is 0 Å². The molecule has 0 radical (unpaired) electrons. The van der Waals surface area contributed by atoms with Gasteiger partial charge in [0, 0.05) is 0 Å². The molecule has 0 aliphatic heterocycles. The number of hydrogen-bond donors (Lipinski definition) is 2. The van der Waals surface area contributed by atoms with Gasteiger partial charge in [-0.25, -0.2) is 0 Å². The molecule has 0 unspecified atom stereocenters. The van der Waals surface area contributed by atoms with Gasteiger partial charge in [-0.1, -0.05) is 37.3 Å². The molecule has 1 rings (SSSR count). The van der Waals surface area contributed by atoms with Crippen LogP contribution in [0.1, 0.15) is 24.9 Å². The number of benzene rings is 1. The molecule has 0 saturated carbocycles. The minimum Gasteiger partial charge on any atom is -0.394 e. The van der Waals surface area contributed by atoms with Gasteiger partial charge >= 0.3 is 0 Å². The van der Waals surface area contributed by atoms with Crippen molar-refractivity contribution < 1.29 is 5.11 Å². The van der Waals surface area contributed by atoms with Crippen molar-refractivity contribution in [2.75, 3.05) is 24.7 Å². The fraction of sp³-hybridized carbons (Fsp3) is 0.538. The van der Waals surface area contributed by atoms with Crippen LogP contribution in [0.2, 0.25) is 0 Å². The van der Waals surface area contributed by atoms with Gasteiger partial charge in [0.05, 0.1) is 12.6 Å².